The molecule has 0 aliphatic carbocycles. The lowest BCUT2D eigenvalue weighted by Gasteiger charge is -2.09. The van der Waals surface area contributed by atoms with Crippen molar-refractivity contribution in [2.24, 2.45) is 5.92 Å². The van der Waals surface area contributed by atoms with Crippen LogP contribution in [-0.2, 0) is 6.42 Å². The molecule has 0 aliphatic rings. The number of hydrogen-bond acceptors (Lipinski definition) is 3. The first-order valence-electron chi connectivity index (χ1n) is 5.42. The maximum atomic E-state index is 5.18. The van der Waals surface area contributed by atoms with E-state index in [2.05, 4.69) is 30.2 Å². The van der Waals surface area contributed by atoms with Gasteiger partial charge in [-0.1, -0.05) is 19.9 Å². The average Bonchev–Trinajstić information content (AvgIpc) is 2.24. The summed E-state index contributed by atoms with van der Waals surface area (Å²) in [6.07, 6.45) is 2.72. The number of ether oxygens (including phenoxy) is 1. The third-order valence-electron chi connectivity index (χ3n) is 2.17. The zero-order valence-electron chi connectivity index (χ0n) is 9.79. The van der Waals surface area contributed by atoms with E-state index in [9.17, 15) is 0 Å². The fourth-order valence-electron chi connectivity index (χ4n) is 1.41. The first kappa shape index (κ1) is 12.0. The van der Waals surface area contributed by atoms with Crippen molar-refractivity contribution in [3.05, 3.63) is 23.9 Å². The molecule has 0 amide bonds. The Morgan fingerprint density at radius 3 is 2.93 bits per heavy atom. The Labute approximate surface area is 91.9 Å². The van der Waals surface area contributed by atoms with Gasteiger partial charge in [-0.2, -0.15) is 0 Å². The Kier molecular flexibility index (Phi) is 5.12. The van der Waals surface area contributed by atoms with Gasteiger partial charge in [0, 0.05) is 11.8 Å². The van der Waals surface area contributed by atoms with Gasteiger partial charge in [0.25, 0.3) is 0 Å². The zero-order valence-corrected chi connectivity index (χ0v) is 9.79. The highest BCUT2D eigenvalue weighted by atomic mass is 16.5. The molecule has 1 aromatic heterocycles. The number of nitrogens with zero attached hydrogens (tertiary/aromatic N) is 1. The molecule has 3 heteroatoms. The summed E-state index contributed by atoms with van der Waals surface area (Å²) in [6, 6.07) is 4.00. The molecule has 84 valence electrons. The van der Waals surface area contributed by atoms with E-state index < -0.39 is 0 Å². The van der Waals surface area contributed by atoms with Crippen molar-refractivity contribution in [3.63, 3.8) is 0 Å². The van der Waals surface area contributed by atoms with E-state index in [4.69, 9.17) is 4.74 Å². The lowest BCUT2D eigenvalue weighted by Crippen LogP contribution is -2.22. The normalized spacial score (nSPS) is 10.7. The number of methoxy groups -OCH3 is 1. The average molecular weight is 208 g/mol. The Morgan fingerprint density at radius 2 is 2.27 bits per heavy atom. The number of pyridine rings is 1. The summed E-state index contributed by atoms with van der Waals surface area (Å²) in [6.45, 7) is 6.44. The van der Waals surface area contributed by atoms with Crippen molar-refractivity contribution in [3.8, 4) is 5.88 Å². The van der Waals surface area contributed by atoms with E-state index in [1.165, 1.54) is 0 Å². The fraction of sp³-hybridized carbons (Fsp3) is 0.583. The number of hydrogen-bond donors (Lipinski definition) is 1. The van der Waals surface area contributed by atoms with Crippen molar-refractivity contribution in [1.29, 1.82) is 0 Å². The minimum Gasteiger partial charge on any atom is -0.481 e. The van der Waals surface area contributed by atoms with Crippen LogP contribution in [0.15, 0.2) is 18.3 Å². The van der Waals surface area contributed by atoms with Crippen LogP contribution in [-0.4, -0.2) is 25.2 Å². The second-order valence-corrected chi connectivity index (χ2v) is 4.02. The second kappa shape index (κ2) is 6.40. The van der Waals surface area contributed by atoms with Crippen LogP contribution in [0.2, 0.25) is 0 Å². The summed E-state index contributed by atoms with van der Waals surface area (Å²) in [5.74, 6) is 1.43. The molecule has 0 saturated carbocycles. The topological polar surface area (TPSA) is 34.1 Å². The molecule has 15 heavy (non-hydrogen) atoms. The van der Waals surface area contributed by atoms with Crippen molar-refractivity contribution < 1.29 is 4.74 Å². The molecule has 3 nitrogen and oxygen atoms in total. The van der Waals surface area contributed by atoms with E-state index in [0.29, 0.717) is 5.92 Å². The molecule has 0 aromatic carbocycles. The summed E-state index contributed by atoms with van der Waals surface area (Å²) in [5.41, 5.74) is 1.16. The number of rotatable bonds is 6. The molecule has 0 unspecified atom stereocenters. The molecule has 0 fully saturated rings. The number of aromatic nitrogens is 1. The van der Waals surface area contributed by atoms with Gasteiger partial charge in [-0.15, -0.1) is 0 Å². The minimum absolute atomic E-state index is 0.695. The van der Waals surface area contributed by atoms with Crippen LogP contribution < -0.4 is 10.1 Å². The Hall–Kier alpha value is -1.09. The summed E-state index contributed by atoms with van der Waals surface area (Å²) >= 11 is 0. The maximum absolute atomic E-state index is 5.18. The van der Waals surface area contributed by atoms with E-state index in [1.54, 1.807) is 13.3 Å². The minimum atomic E-state index is 0.695. The first-order chi connectivity index (χ1) is 7.24. The van der Waals surface area contributed by atoms with Gasteiger partial charge < -0.3 is 10.1 Å². The molecule has 1 aromatic rings. The third kappa shape index (κ3) is 4.30. The number of nitrogens with one attached hydrogen (secondary N) is 1. The van der Waals surface area contributed by atoms with Gasteiger partial charge in [0.15, 0.2) is 0 Å². The predicted molar refractivity (Wildman–Crippen MR) is 62.2 cm³/mol. The molecular weight excluding hydrogens is 188 g/mol. The van der Waals surface area contributed by atoms with Crippen LogP contribution >= 0.6 is 0 Å². The first-order valence-corrected chi connectivity index (χ1v) is 5.42. The molecule has 0 radical (unpaired) electrons. The van der Waals surface area contributed by atoms with Gasteiger partial charge in [0.05, 0.1) is 7.11 Å². The van der Waals surface area contributed by atoms with Gasteiger partial charge in [0.1, 0.15) is 0 Å². The second-order valence-electron chi connectivity index (χ2n) is 4.02. The Bertz CT molecular complexity index is 287. The summed E-state index contributed by atoms with van der Waals surface area (Å²) in [7, 11) is 1.66. The van der Waals surface area contributed by atoms with Gasteiger partial charge >= 0.3 is 0 Å². The van der Waals surface area contributed by atoms with Gasteiger partial charge in [-0.05, 0) is 31.5 Å². The molecule has 0 spiro atoms. The molecule has 0 aliphatic heterocycles. The van der Waals surface area contributed by atoms with Crippen LogP contribution in [0.3, 0.4) is 0 Å². The zero-order chi connectivity index (χ0) is 11.1. The van der Waals surface area contributed by atoms with Crippen LogP contribution in [0.25, 0.3) is 0 Å². The van der Waals surface area contributed by atoms with Crippen molar-refractivity contribution >= 4 is 0 Å². The highest BCUT2D eigenvalue weighted by Gasteiger charge is 2.02. The van der Waals surface area contributed by atoms with Crippen molar-refractivity contribution in [1.82, 2.24) is 10.3 Å². The summed E-state index contributed by atoms with van der Waals surface area (Å²) < 4.78 is 5.18. The van der Waals surface area contributed by atoms with E-state index in [1.807, 2.05) is 6.07 Å². The van der Waals surface area contributed by atoms with Gasteiger partial charge in [-0.3, -0.25) is 0 Å². The quantitative estimate of drug-likeness (QED) is 0.725. The van der Waals surface area contributed by atoms with E-state index in [0.717, 1.165) is 31.0 Å². The smallest absolute Gasteiger partial charge is 0.216 e. The molecule has 0 bridgehead atoms. The molecule has 0 saturated heterocycles. The molecule has 1 heterocycles. The summed E-state index contributed by atoms with van der Waals surface area (Å²) in [4.78, 5) is 4.16. The van der Waals surface area contributed by atoms with Gasteiger partial charge in [-0.25, -0.2) is 4.98 Å². The largest absolute Gasteiger partial charge is 0.481 e. The molecule has 1 N–H and O–H groups in total. The van der Waals surface area contributed by atoms with Crippen molar-refractivity contribution in [2.75, 3.05) is 20.2 Å². The molecule has 1 rings (SSSR count). The lowest BCUT2D eigenvalue weighted by atomic mass is 10.2. The molecular formula is C12H20N2O. The summed E-state index contributed by atoms with van der Waals surface area (Å²) in [5, 5.41) is 3.40. The van der Waals surface area contributed by atoms with Crippen LogP contribution in [0.4, 0.5) is 0 Å². The standard InChI is InChI=1S/C12H20N2O/c1-10(2)9-13-8-6-11-5-4-7-14-12(11)15-3/h4-5,7,10,13H,6,8-9H2,1-3H3. The maximum Gasteiger partial charge on any atom is 0.216 e. The Balaban J connectivity index is 2.36. The van der Waals surface area contributed by atoms with E-state index in [-0.39, 0.29) is 0 Å². The lowest BCUT2D eigenvalue weighted by molar-refractivity contribution is 0.391. The van der Waals surface area contributed by atoms with E-state index >= 15 is 0 Å². The highest BCUT2D eigenvalue weighted by Crippen LogP contribution is 2.13. The third-order valence-corrected chi connectivity index (χ3v) is 2.17. The fourth-order valence-corrected chi connectivity index (χ4v) is 1.41. The van der Waals surface area contributed by atoms with Crippen LogP contribution in [0.5, 0.6) is 5.88 Å². The van der Waals surface area contributed by atoms with Crippen LogP contribution in [0, 0.1) is 5.92 Å². The Morgan fingerprint density at radius 1 is 1.47 bits per heavy atom. The predicted octanol–water partition coefficient (Wildman–Crippen LogP) is 1.88. The SMILES string of the molecule is COc1ncccc1CCNCC(C)C. The van der Waals surface area contributed by atoms with Gasteiger partial charge in [0.2, 0.25) is 5.88 Å². The van der Waals surface area contributed by atoms with Crippen molar-refractivity contribution in [2.45, 2.75) is 20.3 Å². The monoisotopic (exact) mass is 208 g/mol. The highest BCUT2D eigenvalue weighted by molar-refractivity contribution is 5.25. The van der Waals surface area contributed by atoms with Crippen LogP contribution in [0.1, 0.15) is 19.4 Å². The molecule has 0 atom stereocenters.